The highest BCUT2D eigenvalue weighted by atomic mass is 16.3. The van der Waals surface area contributed by atoms with Gasteiger partial charge >= 0.3 is 0 Å². The molecule has 0 aliphatic carbocycles. The number of hydrogen-bond donors (Lipinski definition) is 3. The van der Waals surface area contributed by atoms with Crippen molar-refractivity contribution in [3.05, 3.63) is 5.82 Å². The van der Waals surface area contributed by atoms with Crippen molar-refractivity contribution in [3.63, 3.8) is 0 Å². The molecule has 3 N–H and O–H groups in total. The van der Waals surface area contributed by atoms with Crippen LogP contribution in [-0.2, 0) is 5.60 Å². The predicted octanol–water partition coefficient (Wildman–Crippen LogP) is -0.170. The molecule has 0 saturated carbocycles. The zero-order valence-electron chi connectivity index (χ0n) is 9.99. The van der Waals surface area contributed by atoms with Gasteiger partial charge in [0.05, 0.1) is 0 Å². The van der Waals surface area contributed by atoms with Gasteiger partial charge in [0.25, 0.3) is 0 Å². The average molecular weight is 225 g/mol. The van der Waals surface area contributed by atoms with E-state index in [2.05, 4.69) is 32.3 Å². The number of nitrogens with one attached hydrogen (secondary N) is 2. The fraction of sp³-hybridized carbons (Fsp3) is 0.800. The highest BCUT2D eigenvalue weighted by molar-refractivity contribution is 5.30. The van der Waals surface area contributed by atoms with Crippen LogP contribution in [0.3, 0.4) is 0 Å². The Bertz CT molecular complexity index is 356. The minimum absolute atomic E-state index is 0.442. The lowest BCUT2D eigenvalue weighted by Gasteiger charge is -2.30. The molecule has 2 rings (SSSR count). The maximum Gasteiger partial charge on any atom is 0.244 e. The Morgan fingerprint density at radius 1 is 1.50 bits per heavy atom. The molecule has 1 aromatic rings. The monoisotopic (exact) mass is 225 g/mol. The van der Waals surface area contributed by atoms with Crippen molar-refractivity contribution in [1.82, 2.24) is 20.5 Å². The van der Waals surface area contributed by atoms with E-state index in [4.69, 9.17) is 0 Å². The molecule has 0 amide bonds. The highest BCUT2D eigenvalue weighted by Gasteiger charge is 2.24. The van der Waals surface area contributed by atoms with Crippen molar-refractivity contribution < 1.29 is 5.11 Å². The maximum atomic E-state index is 9.79. The van der Waals surface area contributed by atoms with Crippen LogP contribution in [0.2, 0.25) is 0 Å². The second kappa shape index (κ2) is 4.03. The van der Waals surface area contributed by atoms with E-state index in [9.17, 15) is 5.11 Å². The molecule has 0 bridgehead atoms. The van der Waals surface area contributed by atoms with Crippen LogP contribution in [0.1, 0.15) is 26.6 Å². The number of aliphatic hydroxyl groups is 1. The predicted molar refractivity (Wildman–Crippen MR) is 61.3 cm³/mol. The molecule has 0 spiro atoms. The van der Waals surface area contributed by atoms with Gasteiger partial charge in [0.2, 0.25) is 5.95 Å². The van der Waals surface area contributed by atoms with Gasteiger partial charge in [-0.3, -0.25) is 5.10 Å². The van der Waals surface area contributed by atoms with Gasteiger partial charge in [0.15, 0.2) is 5.82 Å². The minimum atomic E-state index is -0.967. The summed E-state index contributed by atoms with van der Waals surface area (Å²) in [6.07, 6.45) is 0. The van der Waals surface area contributed by atoms with Gasteiger partial charge < -0.3 is 15.3 Å². The van der Waals surface area contributed by atoms with E-state index in [0.717, 1.165) is 19.6 Å². The largest absolute Gasteiger partial charge is 0.382 e. The standard InChI is InChI=1S/C10H19N5O/c1-7-6-15(5-4-11-7)9-12-8(13-14-9)10(2,3)16/h7,11,16H,4-6H2,1-3H3,(H,12,13,14)/t7-/m1/s1. The summed E-state index contributed by atoms with van der Waals surface area (Å²) in [5.74, 6) is 1.18. The first-order valence-electron chi connectivity index (χ1n) is 5.60. The fourth-order valence-corrected chi connectivity index (χ4v) is 1.78. The summed E-state index contributed by atoms with van der Waals surface area (Å²) in [7, 11) is 0. The molecule has 1 fully saturated rings. The van der Waals surface area contributed by atoms with Crippen molar-refractivity contribution in [1.29, 1.82) is 0 Å². The summed E-state index contributed by atoms with van der Waals surface area (Å²) in [6, 6.07) is 0.442. The molecule has 16 heavy (non-hydrogen) atoms. The highest BCUT2D eigenvalue weighted by Crippen LogP contribution is 2.18. The Balaban J connectivity index is 2.12. The van der Waals surface area contributed by atoms with E-state index < -0.39 is 5.60 Å². The molecule has 6 nitrogen and oxygen atoms in total. The van der Waals surface area contributed by atoms with Crippen molar-refractivity contribution in [3.8, 4) is 0 Å². The lowest BCUT2D eigenvalue weighted by Crippen LogP contribution is -2.49. The van der Waals surface area contributed by atoms with Crippen molar-refractivity contribution in [2.24, 2.45) is 0 Å². The second-order valence-corrected chi connectivity index (χ2v) is 4.84. The summed E-state index contributed by atoms with van der Waals surface area (Å²) < 4.78 is 0. The molecular weight excluding hydrogens is 206 g/mol. The lowest BCUT2D eigenvalue weighted by atomic mass is 10.1. The topological polar surface area (TPSA) is 77.1 Å². The molecule has 0 radical (unpaired) electrons. The van der Waals surface area contributed by atoms with E-state index in [-0.39, 0.29) is 0 Å². The average Bonchev–Trinajstić information content (AvgIpc) is 2.65. The lowest BCUT2D eigenvalue weighted by molar-refractivity contribution is 0.0691. The Morgan fingerprint density at radius 3 is 2.81 bits per heavy atom. The van der Waals surface area contributed by atoms with E-state index in [0.29, 0.717) is 17.8 Å². The first kappa shape index (κ1) is 11.3. The van der Waals surface area contributed by atoms with Crippen LogP contribution < -0.4 is 10.2 Å². The Labute approximate surface area is 95.1 Å². The SMILES string of the molecule is C[C@@H]1CN(c2n[nH]c(C(C)(C)O)n2)CCN1. The molecule has 1 aliphatic rings. The molecule has 0 aromatic carbocycles. The van der Waals surface area contributed by atoms with Gasteiger partial charge in [-0.15, -0.1) is 5.10 Å². The summed E-state index contributed by atoms with van der Waals surface area (Å²) in [5.41, 5.74) is -0.967. The van der Waals surface area contributed by atoms with Crippen molar-refractivity contribution >= 4 is 5.95 Å². The quantitative estimate of drug-likeness (QED) is 0.651. The normalized spacial score (nSPS) is 22.5. The Kier molecular flexibility index (Phi) is 2.86. The van der Waals surface area contributed by atoms with E-state index >= 15 is 0 Å². The van der Waals surface area contributed by atoms with Gasteiger partial charge in [0.1, 0.15) is 5.60 Å². The van der Waals surface area contributed by atoms with Gasteiger partial charge in [-0.2, -0.15) is 4.98 Å². The zero-order valence-corrected chi connectivity index (χ0v) is 9.99. The maximum absolute atomic E-state index is 9.79. The summed E-state index contributed by atoms with van der Waals surface area (Å²) in [5, 5.41) is 20.1. The van der Waals surface area contributed by atoms with Crippen LogP contribution in [0.4, 0.5) is 5.95 Å². The van der Waals surface area contributed by atoms with Crippen LogP contribution in [0.15, 0.2) is 0 Å². The number of aromatic amines is 1. The molecule has 1 aromatic heterocycles. The molecule has 1 aliphatic heterocycles. The molecule has 2 heterocycles. The van der Waals surface area contributed by atoms with E-state index in [1.807, 2.05) is 0 Å². The number of piperazine rings is 1. The molecule has 0 unspecified atom stereocenters. The fourth-order valence-electron chi connectivity index (χ4n) is 1.78. The van der Waals surface area contributed by atoms with Crippen LogP contribution >= 0.6 is 0 Å². The number of anilines is 1. The molecule has 1 atom stereocenters. The van der Waals surface area contributed by atoms with Crippen molar-refractivity contribution in [2.45, 2.75) is 32.4 Å². The van der Waals surface area contributed by atoms with Crippen LogP contribution in [0.25, 0.3) is 0 Å². The van der Waals surface area contributed by atoms with Gasteiger partial charge in [0, 0.05) is 25.7 Å². The van der Waals surface area contributed by atoms with Crippen molar-refractivity contribution in [2.75, 3.05) is 24.5 Å². The molecule has 6 heteroatoms. The number of aromatic nitrogens is 3. The third-order valence-corrected chi connectivity index (χ3v) is 2.70. The molecule has 90 valence electrons. The zero-order chi connectivity index (χ0) is 11.8. The number of H-pyrrole nitrogens is 1. The third kappa shape index (κ3) is 2.33. The smallest absolute Gasteiger partial charge is 0.244 e. The van der Waals surface area contributed by atoms with Crippen LogP contribution in [0, 0.1) is 0 Å². The van der Waals surface area contributed by atoms with Gasteiger partial charge in [-0.1, -0.05) is 0 Å². The molecule has 1 saturated heterocycles. The minimum Gasteiger partial charge on any atom is -0.382 e. The van der Waals surface area contributed by atoms with Crippen LogP contribution in [0.5, 0.6) is 0 Å². The first-order valence-corrected chi connectivity index (χ1v) is 5.60. The summed E-state index contributed by atoms with van der Waals surface area (Å²) >= 11 is 0. The van der Waals surface area contributed by atoms with Gasteiger partial charge in [-0.05, 0) is 20.8 Å². The van der Waals surface area contributed by atoms with E-state index in [1.165, 1.54) is 0 Å². The summed E-state index contributed by atoms with van der Waals surface area (Å²) in [6.45, 7) is 8.25. The second-order valence-electron chi connectivity index (χ2n) is 4.84. The van der Waals surface area contributed by atoms with E-state index in [1.54, 1.807) is 13.8 Å². The Morgan fingerprint density at radius 2 is 2.25 bits per heavy atom. The number of nitrogens with zero attached hydrogens (tertiary/aromatic N) is 3. The third-order valence-electron chi connectivity index (χ3n) is 2.70. The molecular formula is C10H19N5O. The first-order chi connectivity index (χ1) is 7.47. The van der Waals surface area contributed by atoms with Gasteiger partial charge in [-0.25, -0.2) is 0 Å². The summed E-state index contributed by atoms with van der Waals surface area (Å²) in [4.78, 5) is 6.44. The number of rotatable bonds is 2. The Hall–Kier alpha value is -1.14. The van der Waals surface area contributed by atoms with Crippen LogP contribution in [-0.4, -0.2) is 46.0 Å². The number of hydrogen-bond acceptors (Lipinski definition) is 5.